The summed E-state index contributed by atoms with van der Waals surface area (Å²) < 4.78 is 28.4. The van der Waals surface area contributed by atoms with Gasteiger partial charge in [-0.05, 0) is 44.2 Å². The van der Waals surface area contributed by atoms with E-state index in [1.165, 1.54) is 17.9 Å². The molecule has 0 radical (unpaired) electrons. The summed E-state index contributed by atoms with van der Waals surface area (Å²) in [5.74, 6) is -3.42. The summed E-state index contributed by atoms with van der Waals surface area (Å²) in [5, 5.41) is 15.5. The SMILES string of the molecule is CN[C@@H](C)C(=O)N[C@H](C(=O)N1Cc2ccccc2[C@H]1C(=O)Cc1c(F)cccc1F)[C@@H](C)O. The van der Waals surface area contributed by atoms with Crippen molar-refractivity contribution < 1.29 is 28.3 Å². The lowest BCUT2D eigenvalue weighted by atomic mass is 9.96. The van der Waals surface area contributed by atoms with E-state index in [1.54, 1.807) is 38.2 Å². The van der Waals surface area contributed by atoms with E-state index in [0.29, 0.717) is 11.1 Å². The Hall–Kier alpha value is -3.17. The summed E-state index contributed by atoms with van der Waals surface area (Å²) in [6.07, 6.45) is -1.79. The average molecular weight is 459 g/mol. The molecule has 1 heterocycles. The van der Waals surface area contributed by atoms with Crippen LogP contribution in [0, 0.1) is 11.6 Å². The Kier molecular flexibility index (Phi) is 7.55. The Bertz CT molecular complexity index is 1040. The van der Waals surface area contributed by atoms with Gasteiger partial charge in [0.2, 0.25) is 11.8 Å². The summed E-state index contributed by atoms with van der Waals surface area (Å²) in [6, 6.07) is 7.23. The molecule has 176 valence electrons. The summed E-state index contributed by atoms with van der Waals surface area (Å²) in [5.41, 5.74) is 0.881. The molecule has 0 spiro atoms. The standard InChI is InChI=1S/C24H27F2N3O4/c1-13(27-3)23(32)28-21(14(2)30)24(33)29-12-15-7-4-5-8-16(15)22(29)20(31)11-17-18(25)9-6-10-19(17)26/h4-10,13-14,21-22,27,30H,11-12H2,1-3H3,(H,28,32)/t13-,14+,21-,22-/m0/s1. The van der Waals surface area contributed by atoms with Gasteiger partial charge in [-0.25, -0.2) is 8.78 Å². The number of amides is 2. The van der Waals surface area contributed by atoms with Gasteiger partial charge in [0.05, 0.1) is 12.1 Å². The fraction of sp³-hybridized carbons (Fsp3) is 0.375. The molecule has 7 nitrogen and oxygen atoms in total. The van der Waals surface area contributed by atoms with Gasteiger partial charge in [0.25, 0.3) is 0 Å². The molecule has 0 fully saturated rings. The molecule has 1 aliphatic heterocycles. The maximum atomic E-state index is 14.2. The minimum Gasteiger partial charge on any atom is -0.391 e. The maximum absolute atomic E-state index is 14.2. The second-order valence-electron chi connectivity index (χ2n) is 8.15. The van der Waals surface area contributed by atoms with Crippen LogP contribution in [0.3, 0.4) is 0 Å². The van der Waals surface area contributed by atoms with E-state index < -0.39 is 59.9 Å². The minimum absolute atomic E-state index is 0.0613. The molecule has 0 saturated carbocycles. The normalized spacial score (nSPS) is 17.8. The molecular formula is C24H27F2N3O4. The van der Waals surface area contributed by atoms with Crippen molar-refractivity contribution in [2.45, 2.75) is 51.0 Å². The highest BCUT2D eigenvalue weighted by Crippen LogP contribution is 2.36. The highest BCUT2D eigenvalue weighted by molar-refractivity contribution is 5.96. The Labute approximate surface area is 190 Å². The van der Waals surface area contributed by atoms with Gasteiger partial charge in [-0.2, -0.15) is 0 Å². The van der Waals surface area contributed by atoms with Gasteiger partial charge >= 0.3 is 0 Å². The largest absolute Gasteiger partial charge is 0.391 e. The van der Waals surface area contributed by atoms with Crippen molar-refractivity contribution in [3.63, 3.8) is 0 Å². The molecule has 3 rings (SSSR count). The van der Waals surface area contributed by atoms with Crippen molar-refractivity contribution in [3.8, 4) is 0 Å². The van der Waals surface area contributed by atoms with Crippen LogP contribution in [0.5, 0.6) is 0 Å². The monoisotopic (exact) mass is 459 g/mol. The summed E-state index contributed by atoms with van der Waals surface area (Å²) in [7, 11) is 1.58. The number of Topliss-reactive ketones (excluding diaryl/α,β-unsaturated/α-hetero) is 1. The first-order valence-electron chi connectivity index (χ1n) is 10.6. The zero-order valence-electron chi connectivity index (χ0n) is 18.6. The number of likely N-dealkylation sites (N-methyl/N-ethyl adjacent to an activating group) is 1. The second kappa shape index (κ2) is 10.2. The molecule has 2 aromatic carbocycles. The molecule has 2 amide bonds. The minimum atomic E-state index is -1.30. The van der Waals surface area contributed by atoms with E-state index in [-0.39, 0.29) is 12.1 Å². The topological polar surface area (TPSA) is 98.7 Å². The number of fused-ring (bicyclic) bond motifs is 1. The van der Waals surface area contributed by atoms with E-state index in [9.17, 15) is 28.3 Å². The molecule has 4 atom stereocenters. The molecule has 0 unspecified atom stereocenters. The fourth-order valence-electron chi connectivity index (χ4n) is 3.89. The predicted octanol–water partition coefficient (Wildman–Crippen LogP) is 1.63. The molecule has 3 N–H and O–H groups in total. The Morgan fingerprint density at radius 1 is 1.09 bits per heavy atom. The van der Waals surface area contributed by atoms with Crippen LogP contribution in [0.25, 0.3) is 0 Å². The number of aliphatic hydroxyl groups excluding tert-OH is 1. The maximum Gasteiger partial charge on any atom is 0.249 e. The second-order valence-corrected chi connectivity index (χ2v) is 8.15. The lowest BCUT2D eigenvalue weighted by Crippen LogP contribution is -2.56. The number of hydrogen-bond acceptors (Lipinski definition) is 5. The highest BCUT2D eigenvalue weighted by Gasteiger charge is 2.42. The molecule has 0 saturated heterocycles. The van der Waals surface area contributed by atoms with Crippen molar-refractivity contribution in [1.29, 1.82) is 0 Å². The van der Waals surface area contributed by atoms with E-state index >= 15 is 0 Å². The third-order valence-electron chi connectivity index (χ3n) is 5.88. The van der Waals surface area contributed by atoms with Crippen molar-refractivity contribution in [1.82, 2.24) is 15.5 Å². The van der Waals surface area contributed by atoms with Crippen LogP contribution in [0.4, 0.5) is 8.78 Å². The molecule has 1 aliphatic rings. The van der Waals surface area contributed by atoms with E-state index in [0.717, 1.165) is 12.1 Å². The number of carbonyl (C=O) groups is 3. The van der Waals surface area contributed by atoms with Crippen LogP contribution in [0.15, 0.2) is 42.5 Å². The lowest BCUT2D eigenvalue weighted by molar-refractivity contribution is -0.145. The lowest BCUT2D eigenvalue weighted by Gasteiger charge is -2.31. The van der Waals surface area contributed by atoms with Gasteiger partial charge in [0, 0.05) is 18.5 Å². The van der Waals surface area contributed by atoms with Crippen LogP contribution < -0.4 is 10.6 Å². The van der Waals surface area contributed by atoms with E-state index in [2.05, 4.69) is 10.6 Å². The molecule has 0 aliphatic carbocycles. The zero-order chi connectivity index (χ0) is 24.3. The number of benzene rings is 2. The van der Waals surface area contributed by atoms with Crippen molar-refractivity contribution in [3.05, 3.63) is 70.8 Å². The van der Waals surface area contributed by atoms with Crippen LogP contribution in [0.2, 0.25) is 0 Å². The van der Waals surface area contributed by atoms with Gasteiger partial charge < -0.3 is 20.6 Å². The number of nitrogens with one attached hydrogen (secondary N) is 2. The quantitative estimate of drug-likeness (QED) is 0.558. The predicted molar refractivity (Wildman–Crippen MR) is 117 cm³/mol. The van der Waals surface area contributed by atoms with Crippen LogP contribution >= 0.6 is 0 Å². The smallest absolute Gasteiger partial charge is 0.249 e. The summed E-state index contributed by atoms with van der Waals surface area (Å²) in [4.78, 5) is 40.3. The summed E-state index contributed by atoms with van der Waals surface area (Å²) in [6.45, 7) is 3.02. The number of nitrogens with zero attached hydrogens (tertiary/aromatic N) is 1. The van der Waals surface area contributed by atoms with Crippen molar-refractivity contribution in [2.24, 2.45) is 0 Å². The summed E-state index contributed by atoms with van der Waals surface area (Å²) >= 11 is 0. The first-order valence-corrected chi connectivity index (χ1v) is 10.6. The van der Waals surface area contributed by atoms with Gasteiger partial charge in [-0.15, -0.1) is 0 Å². The Morgan fingerprint density at radius 2 is 1.73 bits per heavy atom. The zero-order valence-corrected chi connectivity index (χ0v) is 18.6. The molecular weight excluding hydrogens is 432 g/mol. The average Bonchev–Trinajstić information content (AvgIpc) is 3.18. The van der Waals surface area contributed by atoms with Crippen LogP contribution in [0.1, 0.15) is 36.6 Å². The molecule has 0 bridgehead atoms. The van der Waals surface area contributed by atoms with Gasteiger partial charge in [-0.1, -0.05) is 30.3 Å². The number of halogens is 2. The number of rotatable bonds is 8. The van der Waals surface area contributed by atoms with Crippen LogP contribution in [-0.4, -0.2) is 52.8 Å². The number of aliphatic hydroxyl groups is 1. The highest BCUT2D eigenvalue weighted by atomic mass is 19.1. The van der Waals surface area contributed by atoms with Crippen molar-refractivity contribution in [2.75, 3.05) is 7.05 Å². The van der Waals surface area contributed by atoms with E-state index in [4.69, 9.17) is 0 Å². The van der Waals surface area contributed by atoms with Crippen LogP contribution in [-0.2, 0) is 27.3 Å². The third-order valence-corrected chi connectivity index (χ3v) is 5.88. The number of carbonyl (C=O) groups excluding carboxylic acids is 3. The molecule has 0 aromatic heterocycles. The first kappa shape index (κ1) is 24.5. The Balaban J connectivity index is 1.93. The van der Waals surface area contributed by atoms with E-state index in [1.807, 2.05) is 0 Å². The van der Waals surface area contributed by atoms with Gasteiger partial charge in [0.1, 0.15) is 23.7 Å². The molecule has 33 heavy (non-hydrogen) atoms. The van der Waals surface area contributed by atoms with Gasteiger partial charge in [0.15, 0.2) is 5.78 Å². The van der Waals surface area contributed by atoms with Gasteiger partial charge in [-0.3, -0.25) is 14.4 Å². The first-order chi connectivity index (χ1) is 15.6. The molecule has 9 heteroatoms. The fourth-order valence-corrected chi connectivity index (χ4v) is 3.89. The number of hydrogen-bond donors (Lipinski definition) is 3. The Morgan fingerprint density at radius 3 is 2.33 bits per heavy atom. The third kappa shape index (κ3) is 5.09. The molecule has 2 aromatic rings. The number of ketones is 1. The van der Waals surface area contributed by atoms with Crippen molar-refractivity contribution >= 4 is 17.6 Å².